The summed E-state index contributed by atoms with van der Waals surface area (Å²) >= 11 is 0. The van der Waals surface area contributed by atoms with Gasteiger partial charge in [-0.1, -0.05) is 30.3 Å². The molecule has 1 aromatic carbocycles. The average Bonchev–Trinajstić information content (AvgIpc) is 2.05. The van der Waals surface area contributed by atoms with Crippen molar-refractivity contribution in [2.75, 3.05) is 0 Å². The Morgan fingerprint density at radius 1 is 1.38 bits per heavy atom. The molecule has 0 heterocycles. The van der Waals surface area contributed by atoms with Crippen LogP contribution in [0.3, 0.4) is 0 Å². The van der Waals surface area contributed by atoms with Crippen LogP contribution in [0.1, 0.15) is 18.0 Å². The summed E-state index contributed by atoms with van der Waals surface area (Å²) in [6, 6.07) is 8.64. The summed E-state index contributed by atoms with van der Waals surface area (Å²) < 4.78 is 0. The second kappa shape index (κ2) is 5.56. The number of halogens is 1. The van der Waals surface area contributed by atoms with Gasteiger partial charge in [-0.25, -0.2) is 0 Å². The van der Waals surface area contributed by atoms with E-state index >= 15 is 0 Å². The number of hydrogen-bond donors (Lipinski definition) is 1. The van der Waals surface area contributed by atoms with Crippen molar-refractivity contribution in [2.45, 2.75) is 12.5 Å². The quantitative estimate of drug-likeness (QED) is 0.761. The Bertz CT molecular complexity index is 264. The third-order valence-electron chi connectivity index (χ3n) is 1.61. The molecule has 0 radical (unpaired) electrons. The van der Waals surface area contributed by atoms with Gasteiger partial charge in [-0.3, -0.25) is 0 Å². The van der Waals surface area contributed by atoms with Gasteiger partial charge in [0.2, 0.25) is 0 Å². The minimum atomic E-state index is -1.12. The van der Waals surface area contributed by atoms with Crippen molar-refractivity contribution < 1.29 is 9.90 Å². The zero-order chi connectivity index (χ0) is 8.97. The van der Waals surface area contributed by atoms with Gasteiger partial charge in [0.15, 0.2) is 0 Å². The van der Waals surface area contributed by atoms with E-state index in [2.05, 4.69) is 0 Å². The largest absolute Gasteiger partial charge is 0.550 e. The number of carbonyl (C=O) groups is 1. The van der Waals surface area contributed by atoms with Crippen LogP contribution in [0.2, 0.25) is 0 Å². The van der Waals surface area contributed by atoms with E-state index < -0.39 is 12.0 Å². The second-order valence-corrected chi connectivity index (χ2v) is 2.59. The maximum absolute atomic E-state index is 10.2. The van der Waals surface area contributed by atoms with Crippen molar-refractivity contribution in [3.05, 3.63) is 35.9 Å². The van der Waals surface area contributed by atoms with Crippen LogP contribution >= 0.6 is 12.4 Å². The van der Waals surface area contributed by atoms with Gasteiger partial charge in [0.25, 0.3) is 0 Å². The number of aliphatic carboxylic acids is 1. The Kier molecular flexibility index (Phi) is 5.11. The summed E-state index contributed by atoms with van der Waals surface area (Å²) in [6.45, 7) is 0. The maximum Gasteiger partial charge on any atom is 0.0433 e. The predicted octanol–water partition coefficient (Wildman–Crippen LogP) is 0.248. The molecular formula is C9H11ClNO2-. The molecule has 0 saturated heterocycles. The third kappa shape index (κ3) is 3.92. The minimum Gasteiger partial charge on any atom is -0.550 e. The maximum atomic E-state index is 10.2. The molecule has 0 aromatic heterocycles. The summed E-state index contributed by atoms with van der Waals surface area (Å²) in [5, 5.41) is 10.2. The molecule has 3 nitrogen and oxygen atoms in total. The lowest BCUT2D eigenvalue weighted by Crippen LogP contribution is -2.27. The van der Waals surface area contributed by atoms with Gasteiger partial charge in [0.05, 0.1) is 0 Å². The van der Waals surface area contributed by atoms with Crippen LogP contribution in [0.25, 0.3) is 0 Å². The van der Waals surface area contributed by atoms with Crippen molar-refractivity contribution in [3.63, 3.8) is 0 Å². The molecule has 1 atom stereocenters. The van der Waals surface area contributed by atoms with Crippen LogP contribution in [0.5, 0.6) is 0 Å². The molecule has 13 heavy (non-hydrogen) atoms. The van der Waals surface area contributed by atoms with Gasteiger partial charge in [-0.15, -0.1) is 12.4 Å². The number of nitrogens with two attached hydrogens (primary N) is 1. The summed E-state index contributed by atoms with van der Waals surface area (Å²) in [5.41, 5.74) is 6.40. The van der Waals surface area contributed by atoms with Gasteiger partial charge >= 0.3 is 0 Å². The van der Waals surface area contributed by atoms with Crippen molar-refractivity contribution in [1.82, 2.24) is 0 Å². The lowest BCUT2D eigenvalue weighted by molar-refractivity contribution is -0.306. The zero-order valence-corrected chi connectivity index (χ0v) is 7.79. The van der Waals surface area contributed by atoms with Gasteiger partial charge < -0.3 is 15.6 Å². The van der Waals surface area contributed by atoms with Crippen molar-refractivity contribution >= 4 is 18.4 Å². The number of hydrogen-bond acceptors (Lipinski definition) is 3. The average molecular weight is 201 g/mol. The Morgan fingerprint density at radius 3 is 2.38 bits per heavy atom. The van der Waals surface area contributed by atoms with Crippen LogP contribution in [-0.4, -0.2) is 5.97 Å². The monoisotopic (exact) mass is 200 g/mol. The highest BCUT2D eigenvalue weighted by molar-refractivity contribution is 5.85. The van der Waals surface area contributed by atoms with Crippen molar-refractivity contribution in [3.8, 4) is 0 Å². The molecule has 1 unspecified atom stereocenters. The molecule has 1 rings (SSSR count). The molecule has 0 amide bonds. The number of carbonyl (C=O) groups excluding carboxylic acids is 1. The molecule has 0 aliphatic rings. The lowest BCUT2D eigenvalue weighted by atomic mass is 10.1. The first-order chi connectivity index (χ1) is 5.70. The smallest absolute Gasteiger partial charge is 0.0433 e. The Balaban J connectivity index is 0.00000144. The molecule has 0 spiro atoms. The minimum absolute atomic E-state index is 0. The molecule has 72 valence electrons. The fourth-order valence-corrected chi connectivity index (χ4v) is 0.998. The first kappa shape index (κ1) is 11.9. The number of rotatable bonds is 3. The van der Waals surface area contributed by atoms with Gasteiger partial charge in [-0.2, -0.15) is 0 Å². The van der Waals surface area contributed by atoms with E-state index in [1.807, 2.05) is 18.2 Å². The lowest BCUT2D eigenvalue weighted by Gasteiger charge is -2.11. The predicted molar refractivity (Wildman–Crippen MR) is 50.2 cm³/mol. The highest BCUT2D eigenvalue weighted by atomic mass is 35.5. The SMILES string of the molecule is Cl.NC(CC(=O)[O-])c1ccccc1. The number of benzene rings is 1. The fourth-order valence-electron chi connectivity index (χ4n) is 0.998. The highest BCUT2D eigenvalue weighted by Gasteiger charge is 2.03. The first-order valence-electron chi connectivity index (χ1n) is 3.70. The summed E-state index contributed by atoms with van der Waals surface area (Å²) in [4.78, 5) is 10.2. The highest BCUT2D eigenvalue weighted by Crippen LogP contribution is 2.11. The molecule has 0 bridgehead atoms. The Hall–Kier alpha value is -1.06. The van der Waals surface area contributed by atoms with Crippen molar-refractivity contribution in [1.29, 1.82) is 0 Å². The molecule has 0 fully saturated rings. The topological polar surface area (TPSA) is 66.2 Å². The number of carboxylic acid groups (broad SMARTS) is 1. The Morgan fingerprint density at radius 2 is 1.92 bits per heavy atom. The standard InChI is InChI=1S/C9H11NO2.ClH/c10-8(6-9(11)12)7-4-2-1-3-5-7;/h1-5,8H,6,10H2,(H,11,12);1H/p-1. The van der Waals surface area contributed by atoms with E-state index in [0.29, 0.717) is 0 Å². The van der Waals surface area contributed by atoms with Crippen LogP contribution in [-0.2, 0) is 4.79 Å². The summed E-state index contributed by atoms with van der Waals surface area (Å²) in [6.07, 6.45) is -0.135. The van der Waals surface area contributed by atoms with Crippen LogP contribution in [0.4, 0.5) is 0 Å². The molecule has 1 aromatic rings. The molecule has 4 heteroatoms. The van der Waals surface area contributed by atoms with Gasteiger partial charge in [0, 0.05) is 18.4 Å². The molecule has 0 aliphatic heterocycles. The van der Waals surface area contributed by atoms with E-state index in [1.54, 1.807) is 12.1 Å². The molecule has 2 N–H and O–H groups in total. The fraction of sp³-hybridized carbons (Fsp3) is 0.222. The molecule has 0 saturated carbocycles. The van der Waals surface area contributed by atoms with Crippen LogP contribution in [0, 0.1) is 0 Å². The van der Waals surface area contributed by atoms with Gasteiger partial charge in [-0.05, 0) is 5.56 Å². The van der Waals surface area contributed by atoms with Crippen LogP contribution < -0.4 is 10.8 Å². The first-order valence-corrected chi connectivity index (χ1v) is 3.70. The van der Waals surface area contributed by atoms with E-state index in [9.17, 15) is 9.90 Å². The Labute approximate surface area is 83.0 Å². The number of carboxylic acids is 1. The summed E-state index contributed by atoms with van der Waals surface area (Å²) in [7, 11) is 0. The third-order valence-corrected chi connectivity index (χ3v) is 1.61. The van der Waals surface area contributed by atoms with E-state index in [4.69, 9.17) is 5.73 Å². The molecule has 0 aliphatic carbocycles. The second-order valence-electron chi connectivity index (χ2n) is 2.59. The normalized spacial score (nSPS) is 11.5. The van der Waals surface area contributed by atoms with Gasteiger partial charge in [0.1, 0.15) is 0 Å². The summed E-state index contributed by atoms with van der Waals surface area (Å²) in [5.74, 6) is -1.12. The van der Waals surface area contributed by atoms with Crippen LogP contribution in [0.15, 0.2) is 30.3 Å². The molecular weight excluding hydrogens is 190 g/mol. The van der Waals surface area contributed by atoms with E-state index in [1.165, 1.54) is 0 Å². The van der Waals surface area contributed by atoms with E-state index in [0.717, 1.165) is 5.56 Å². The zero-order valence-electron chi connectivity index (χ0n) is 6.97. The van der Waals surface area contributed by atoms with E-state index in [-0.39, 0.29) is 18.8 Å². The van der Waals surface area contributed by atoms with Crippen molar-refractivity contribution in [2.24, 2.45) is 5.73 Å².